The van der Waals surface area contributed by atoms with Crippen LogP contribution in [0.2, 0.25) is 0 Å². The van der Waals surface area contributed by atoms with Gasteiger partial charge in [0, 0.05) is 19.0 Å². The third kappa shape index (κ3) is 4.67. The molecule has 2 atom stereocenters. The molecule has 0 saturated carbocycles. The van der Waals surface area contributed by atoms with Crippen LogP contribution in [0.1, 0.15) is 50.8 Å². The number of carbonyl (C=O) groups is 1. The molecule has 0 spiro atoms. The van der Waals surface area contributed by atoms with Crippen molar-refractivity contribution in [1.29, 1.82) is 0 Å². The largest absolute Gasteiger partial charge is 0.444 e. The summed E-state index contributed by atoms with van der Waals surface area (Å²) in [6.07, 6.45) is 0.465. The highest BCUT2D eigenvalue weighted by Gasteiger charge is 2.32. The number of hydrogen-bond donors (Lipinski definition) is 1. The second kappa shape index (κ2) is 6.87. The maximum Gasteiger partial charge on any atom is 0.410 e. The highest BCUT2D eigenvalue weighted by molar-refractivity contribution is 5.68. The molecule has 23 heavy (non-hydrogen) atoms. The molecular weight excluding hydrogens is 297 g/mol. The number of nitrogens with zero attached hydrogens (tertiary/aromatic N) is 1. The van der Waals surface area contributed by atoms with Crippen LogP contribution in [0.15, 0.2) is 18.2 Å². The molecule has 1 aromatic rings. The average molecular weight is 323 g/mol. The molecule has 0 bridgehead atoms. The van der Waals surface area contributed by atoms with E-state index in [2.05, 4.69) is 0 Å². The molecule has 1 N–H and O–H groups in total. The van der Waals surface area contributed by atoms with Gasteiger partial charge in [-0.2, -0.15) is 0 Å². The van der Waals surface area contributed by atoms with Crippen LogP contribution in [-0.2, 0) is 4.74 Å². The van der Waals surface area contributed by atoms with Gasteiger partial charge in [-0.15, -0.1) is 0 Å². The van der Waals surface area contributed by atoms with E-state index in [1.807, 2.05) is 27.7 Å². The molecule has 5 heteroatoms. The van der Waals surface area contributed by atoms with E-state index in [9.17, 15) is 14.3 Å². The number of carbonyl (C=O) groups excluding carboxylic acids is 1. The summed E-state index contributed by atoms with van der Waals surface area (Å²) in [4.78, 5) is 13.8. The van der Waals surface area contributed by atoms with Crippen LogP contribution < -0.4 is 0 Å². The molecule has 1 amide bonds. The summed E-state index contributed by atoms with van der Waals surface area (Å²) >= 11 is 0. The summed E-state index contributed by atoms with van der Waals surface area (Å²) in [5, 5.41) is 10.6. The summed E-state index contributed by atoms with van der Waals surface area (Å²) in [6, 6.07) is 4.44. The van der Waals surface area contributed by atoms with Gasteiger partial charge >= 0.3 is 6.09 Å². The zero-order chi connectivity index (χ0) is 17.2. The summed E-state index contributed by atoms with van der Waals surface area (Å²) in [6.45, 7) is 8.39. The molecule has 1 aliphatic heterocycles. The molecule has 1 aliphatic rings. The fourth-order valence-electron chi connectivity index (χ4n) is 2.94. The molecule has 1 heterocycles. The fourth-order valence-corrected chi connectivity index (χ4v) is 2.94. The van der Waals surface area contributed by atoms with Crippen molar-refractivity contribution in [2.75, 3.05) is 13.1 Å². The second-order valence-corrected chi connectivity index (χ2v) is 7.27. The number of rotatable bonds is 2. The number of aryl methyl sites for hydroxylation is 1. The minimum absolute atomic E-state index is 0.114. The van der Waals surface area contributed by atoms with Gasteiger partial charge in [-0.25, -0.2) is 9.18 Å². The van der Waals surface area contributed by atoms with Crippen molar-refractivity contribution in [3.8, 4) is 0 Å². The Bertz CT molecular complexity index is 568. The summed E-state index contributed by atoms with van der Waals surface area (Å²) < 4.78 is 18.9. The van der Waals surface area contributed by atoms with Crippen LogP contribution >= 0.6 is 0 Å². The van der Waals surface area contributed by atoms with Gasteiger partial charge in [0.2, 0.25) is 0 Å². The van der Waals surface area contributed by atoms with E-state index in [4.69, 9.17) is 4.74 Å². The SMILES string of the molecule is Cc1ccc(F)cc1C(O)C1CCCN(C(=O)OC(C)(C)C)C1. The summed E-state index contributed by atoms with van der Waals surface area (Å²) in [7, 11) is 0. The number of hydrogen-bond acceptors (Lipinski definition) is 3. The molecule has 2 rings (SSSR count). The molecule has 0 aromatic heterocycles. The highest BCUT2D eigenvalue weighted by atomic mass is 19.1. The standard InChI is InChI=1S/C18H26FNO3/c1-12-7-8-14(19)10-15(12)16(21)13-6-5-9-20(11-13)17(22)23-18(2,3)4/h7-8,10,13,16,21H,5-6,9,11H2,1-4H3. The maximum absolute atomic E-state index is 13.5. The van der Waals surface area contributed by atoms with Crippen molar-refractivity contribution in [3.63, 3.8) is 0 Å². The lowest BCUT2D eigenvalue weighted by Crippen LogP contribution is -2.44. The second-order valence-electron chi connectivity index (χ2n) is 7.27. The minimum Gasteiger partial charge on any atom is -0.444 e. The zero-order valence-corrected chi connectivity index (χ0v) is 14.3. The summed E-state index contributed by atoms with van der Waals surface area (Å²) in [5.74, 6) is -0.471. The number of piperidine rings is 1. The highest BCUT2D eigenvalue weighted by Crippen LogP contribution is 2.32. The van der Waals surface area contributed by atoms with Crippen LogP contribution in [0.25, 0.3) is 0 Å². The first-order valence-electron chi connectivity index (χ1n) is 8.09. The number of halogens is 1. The topological polar surface area (TPSA) is 49.8 Å². The van der Waals surface area contributed by atoms with Crippen LogP contribution in [0.3, 0.4) is 0 Å². The number of likely N-dealkylation sites (tertiary alicyclic amines) is 1. The van der Waals surface area contributed by atoms with Crippen LogP contribution in [0.4, 0.5) is 9.18 Å². The lowest BCUT2D eigenvalue weighted by Gasteiger charge is -2.36. The van der Waals surface area contributed by atoms with Gasteiger partial charge in [0.15, 0.2) is 0 Å². The van der Waals surface area contributed by atoms with Gasteiger partial charge in [0.05, 0.1) is 6.10 Å². The third-order valence-electron chi connectivity index (χ3n) is 4.12. The zero-order valence-electron chi connectivity index (χ0n) is 14.3. The first kappa shape index (κ1) is 17.7. The Morgan fingerprint density at radius 2 is 2.13 bits per heavy atom. The Morgan fingerprint density at radius 1 is 1.43 bits per heavy atom. The smallest absolute Gasteiger partial charge is 0.410 e. The number of ether oxygens (including phenoxy) is 1. The quantitative estimate of drug-likeness (QED) is 0.900. The molecule has 1 saturated heterocycles. The molecular formula is C18H26FNO3. The van der Waals surface area contributed by atoms with Crippen molar-refractivity contribution in [1.82, 2.24) is 4.90 Å². The van der Waals surface area contributed by atoms with Crippen LogP contribution in [0, 0.1) is 18.7 Å². The Labute approximate surface area is 137 Å². The van der Waals surface area contributed by atoms with Gasteiger partial charge in [-0.1, -0.05) is 6.07 Å². The molecule has 4 nitrogen and oxygen atoms in total. The number of aliphatic hydroxyl groups excluding tert-OH is 1. The van der Waals surface area contributed by atoms with Crippen molar-refractivity contribution < 1.29 is 19.0 Å². The average Bonchev–Trinajstić information content (AvgIpc) is 2.47. The third-order valence-corrected chi connectivity index (χ3v) is 4.12. The van der Waals surface area contributed by atoms with E-state index in [0.717, 1.165) is 18.4 Å². The first-order chi connectivity index (χ1) is 10.7. The van der Waals surface area contributed by atoms with Gasteiger partial charge in [0.25, 0.3) is 0 Å². The summed E-state index contributed by atoms with van der Waals surface area (Å²) in [5.41, 5.74) is 0.913. The maximum atomic E-state index is 13.5. The Kier molecular flexibility index (Phi) is 5.30. The first-order valence-corrected chi connectivity index (χ1v) is 8.09. The number of benzene rings is 1. The fraction of sp³-hybridized carbons (Fsp3) is 0.611. The lowest BCUT2D eigenvalue weighted by atomic mass is 9.87. The van der Waals surface area contributed by atoms with Gasteiger partial charge in [0.1, 0.15) is 11.4 Å². The molecule has 1 aromatic carbocycles. The Morgan fingerprint density at radius 3 is 2.78 bits per heavy atom. The van der Waals surface area contributed by atoms with E-state index < -0.39 is 11.7 Å². The predicted octanol–water partition coefficient (Wildman–Crippen LogP) is 3.81. The number of aliphatic hydroxyl groups is 1. The Hall–Kier alpha value is -1.62. The van der Waals surface area contributed by atoms with Crippen LogP contribution in [-0.4, -0.2) is 34.8 Å². The van der Waals surface area contributed by atoms with Gasteiger partial charge < -0.3 is 14.7 Å². The van der Waals surface area contributed by atoms with E-state index >= 15 is 0 Å². The normalized spacial score (nSPS) is 20.3. The predicted molar refractivity (Wildman–Crippen MR) is 86.6 cm³/mol. The van der Waals surface area contributed by atoms with Gasteiger partial charge in [-0.3, -0.25) is 0 Å². The van der Waals surface area contributed by atoms with Gasteiger partial charge in [-0.05, 0) is 63.8 Å². The van der Waals surface area contributed by atoms with Crippen molar-refractivity contribution in [3.05, 3.63) is 35.1 Å². The Balaban J connectivity index is 2.08. The van der Waals surface area contributed by atoms with Crippen LogP contribution in [0.5, 0.6) is 0 Å². The number of amides is 1. The monoisotopic (exact) mass is 323 g/mol. The molecule has 0 radical (unpaired) electrons. The van der Waals surface area contributed by atoms with Crippen molar-refractivity contribution in [2.24, 2.45) is 5.92 Å². The minimum atomic E-state index is -0.782. The molecule has 1 fully saturated rings. The molecule has 128 valence electrons. The lowest BCUT2D eigenvalue weighted by molar-refractivity contribution is 0.00226. The molecule has 2 unspecified atom stereocenters. The van der Waals surface area contributed by atoms with Crippen molar-refractivity contribution in [2.45, 2.75) is 52.2 Å². The van der Waals surface area contributed by atoms with E-state index in [0.29, 0.717) is 18.7 Å². The molecule has 0 aliphatic carbocycles. The van der Waals surface area contributed by atoms with E-state index in [1.54, 1.807) is 11.0 Å². The van der Waals surface area contributed by atoms with Crippen molar-refractivity contribution >= 4 is 6.09 Å². The van der Waals surface area contributed by atoms with E-state index in [-0.39, 0.29) is 17.8 Å². The van der Waals surface area contributed by atoms with E-state index in [1.165, 1.54) is 12.1 Å².